The first kappa shape index (κ1) is 12.8. The van der Waals surface area contributed by atoms with Gasteiger partial charge in [-0.2, -0.15) is 13.1 Å². The minimum atomic E-state index is -3.59. The average Bonchev–Trinajstić information content (AvgIpc) is 2.21. The summed E-state index contributed by atoms with van der Waals surface area (Å²) < 4.78 is 27.4. The van der Waals surface area contributed by atoms with Gasteiger partial charge in [0.25, 0.3) is 10.2 Å². The molecule has 3 N–H and O–H groups in total. The maximum absolute atomic E-state index is 11.4. The van der Waals surface area contributed by atoms with E-state index >= 15 is 0 Å². The van der Waals surface area contributed by atoms with Crippen LogP contribution in [0.5, 0.6) is 5.75 Å². The van der Waals surface area contributed by atoms with E-state index in [9.17, 15) is 13.5 Å². The molecule has 0 atom stereocenters. The first-order valence-electron chi connectivity index (χ1n) is 5.07. The largest absolute Gasteiger partial charge is 0.506 e. The molecule has 0 amide bonds. The van der Waals surface area contributed by atoms with Gasteiger partial charge in [0.15, 0.2) is 0 Å². The average molecular weight is 244 g/mol. The van der Waals surface area contributed by atoms with E-state index in [1.165, 1.54) is 6.07 Å². The van der Waals surface area contributed by atoms with E-state index in [4.69, 9.17) is 0 Å². The molecule has 0 spiro atoms. The Kier molecular flexibility index (Phi) is 4.14. The van der Waals surface area contributed by atoms with Crippen LogP contribution in [0.3, 0.4) is 0 Å². The Morgan fingerprint density at radius 2 is 2.00 bits per heavy atom. The minimum Gasteiger partial charge on any atom is -0.506 e. The van der Waals surface area contributed by atoms with E-state index in [0.29, 0.717) is 6.54 Å². The van der Waals surface area contributed by atoms with Crippen LogP contribution in [-0.4, -0.2) is 20.1 Å². The fourth-order valence-corrected chi connectivity index (χ4v) is 2.16. The third-order valence-corrected chi connectivity index (χ3v) is 3.21. The first-order chi connectivity index (χ1) is 7.48. The molecule has 0 saturated carbocycles. The second kappa shape index (κ2) is 5.18. The summed E-state index contributed by atoms with van der Waals surface area (Å²) in [5.41, 5.74) is 1.15. The van der Waals surface area contributed by atoms with Gasteiger partial charge < -0.3 is 5.11 Å². The van der Waals surface area contributed by atoms with Crippen LogP contribution in [-0.2, 0) is 16.6 Å². The lowest BCUT2D eigenvalue weighted by atomic mass is 10.1. The maximum Gasteiger partial charge on any atom is 0.299 e. The molecule has 1 aromatic carbocycles. The van der Waals surface area contributed by atoms with Crippen LogP contribution in [0.2, 0.25) is 0 Å². The monoisotopic (exact) mass is 244 g/mol. The number of phenols is 1. The van der Waals surface area contributed by atoms with Crippen molar-refractivity contribution in [1.29, 1.82) is 0 Å². The SMILES string of the molecule is CCNS(=O)(=O)Nc1cc(CC)ccc1O. The fraction of sp³-hybridized carbons (Fsp3) is 0.400. The van der Waals surface area contributed by atoms with Crippen molar-refractivity contribution >= 4 is 15.9 Å². The third kappa shape index (κ3) is 3.39. The van der Waals surface area contributed by atoms with E-state index in [1.807, 2.05) is 6.92 Å². The highest BCUT2D eigenvalue weighted by Gasteiger charge is 2.11. The van der Waals surface area contributed by atoms with Gasteiger partial charge in [0, 0.05) is 6.54 Å². The first-order valence-corrected chi connectivity index (χ1v) is 6.56. The van der Waals surface area contributed by atoms with Crippen molar-refractivity contribution in [3.63, 3.8) is 0 Å². The number of phenolic OH excluding ortho intramolecular Hbond substituents is 1. The molecule has 90 valence electrons. The summed E-state index contributed by atoms with van der Waals surface area (Å²) >= 11 is 0. The molecule has 0 bridgehead atoms. The summed E-state index contributed by atoms with van der Waals surface area (Å²) in [5, 5.41) is 9.51. The van der Waals surface area contributed by atoms with Crippen LogP contribution in [0, 0.1) is 0 Å². The predicted octanol–water partition coefficient (Wildman–Crippen LogP) is 1.22. The molecule has 6 heteroatoms. The summed E-state index contributed by atoms with van der Waals surface area (Å²) in [6.45, 7) is 3.93. The Labute approximate surface area is 95.7 Å². The molecule has 0 unspecified atom stereocenters. The van der Waals surface area contributed by atoms with Gasteiger partial charge in [-0.25, -0.2) is 0 Å². The molecule has 0 aromatic heterocycles. The molecule has 0 radical (unpaired) electrons. The quantitative estimate of drug-likeness (QED) is 0.681. The zero-order valence-corrected chi connectivity index (χ0v) is 10.1. The molecule has 0 saturated heterocycles. The highest BCUT2D eigenvalue weighted by Crippen LogP contribution is 2.25. The number of hydrogen-bond acceptors (Lipinski definition) is 3. The van der Waals surface area contributed by atoms with Gasteiger partial charge in [-0.1, -0.05) is 19.9 Å². The van der Waals surface area contributed by atoms with Gasteiger partial charge >= 0.3 is 0 Å². The van der Waals surface area contributed by atoms with Crippen molar-refractivity contribution in [2.45, 2.75) is 20.3 Å². The Balaban J connectivity index is 2.96. The summed E-state index contributed by atoms with van der Waals surface area (Å²) in [4.78, 5) is 0. The van der Waals surface area contributed by atoms with Crippen molar-refractivity contribution in [1.82, 2.24) is 4.72 Å². The molecule has 0 aliphatic heterocycles. The van der Waals surface area contributed by atoms with Crippen molar-refractivity contribution < 1.29 is 13.5 Å². The van der Waals surface area contributed by atoms with Crippen LogP contribution >= 0.6 is 0 Å². The summed E-state index contributed by atoms with van der Waals surface area (Å²) in [6.07, 6.45) is 0.774. The zero-order valence-electron chi connectivity index (χ0n) is 9.32. The Hall–Kier alpha value is -1.27. The number of anilines is 1. The van der Waals surface area contributed by atoms with Crippen molar-refractivity contribution in [2.75, 3.05) is 11.3 Å². The summed E-state index contributed by atoms with van der Waals surface area (Å²) in [7, 11) is -3.59. The van der Waals surface area contributed by atoms with Crippen LogP contribution < -0.4 is 9.44 Å². The van der Waals surface area contributed by atoms with Gasteiger partial charge in [-0.05, 0) is 24.1 Å². The highest BCUT2D eigenvalue weighted by molar-refractivity contribution is 7.90. The van der Waals surface area contributed by atoms with Gasteiger partial charge in [0.2, 0.25) is 0 Å². The van der Waals surface area contributed by atoms with Crippen LogP contribution in [0.4, 0.5) is 5.69 Å². The number of hydrogen-bond donors (Lipinski definition) is 3. The number of aryl methyl sites for hydroxylation is 1. The molecule has 1 aromatic rings. The van der Waals surface area contributed by atoms with Crippen molar-refractivity contribution in [3.8, 4) is 5.75 Å². The minimum absolute atomic E-state index is 0.0846. The fourth-order valence-electron chi connectivity index (χ4n) is 1.26. The molecule has 1 rings (SSSR count). The molecular formula is C10H16N2O3S. The van der Waals surface area contributed by atoms with Crippen LogP contribution in [0.25, 0.3) is 0 Å². The second-order valence-corrected chi connectivity index (χ2v) is 4.81. The van der Waals surface area contributed by atoms with E-state index in [0.717, 1.165) is 12.0 Å². The second-order valence-electron chi connectivity index (χ2n) is 3.31. The topological polar surface area (TPSA) is 78.4 Å². The molecule has 0 heterocycles. The van der Waals surface area contributed by atoms with Gasteiger partial charge in [0.05, 0.1) is 5.69 Å². The number of aromatic hydroxyl groups is 1. The number of nitrogens with one attached hydrogen (secondary N) is 2. The lowest BCUT2D eigenvalue weighted by Crippen LogP contribution is -2.29. The molecule has 0 fully saturated rings. The molecule has 16 heavy (non-hydrogen) atoms. The Bertz CT molecular complexity index is 457. The third-order valence-electron chi connectivity index (χ3n) is 2.05. The Morgan fingerprint density at radius 1 is 1.31 bits per heavy atom. The molecule has 0 aliphatic rings. The van der Waals surface area contributed by atoms with Crippen LogP contribution in [0.15, 0.2) is 18.2 Å². The maximum atomic E-state index is 11.4. The smallest absolute Gasteiger partial charge is 0.299 e. The zero-order chi connectivity index (χ0) is 12.2. The number of benzene rings is 1. The van der Waals surface area contributed by atoms with E-state index in [1.54, 1.807) is 19.1 Å². The van der Waals surface area contributed by atoms with E-state index in [2.05, 4.69) is 9.44 Å². The van der Waals surface area contributed by atoms with Crippen molar-refractivity contribution in [2.24, 2.45) is 0 Å². The van der Waals surface area contributed by atoms with E-state index < -0.39 is 10.2 Å². The Morgan fingerprint density at radius 3 is 2.56 bits per heavy atom. The number of rotatable bonds is 5. The van der Waals surface area contributed by atoms with Crippen molar-refractivity contribution in [3.05, 3.63) is 23.8 Å². The standard InChI is InChI=1S/C10H16N2O3S/c1-3-8-5-6-10(13)9(7-8)12-16(14,15)11-4-2/h5-7,11-13H,3-4H2,1-2H3. The molecule has 0 aliphatic carbocycles. The lowest BCUT2D eigenvalue weighted by molar-refractivity contribution is 0.477. The van der Waals surface area contributed by atoms with Crippen LogP contribution in [0.1, 0.15) is 19.4 Å². The predicted molar refractivity (Wildman–Crippen MR) is 63.7 cm³/mol. The van der Waals surface area contributed by atoms with Gasteiger partial charge in [-0.15, -0.1) is 0 Å². The molecule has 5 nitrogen and oxygen atoms in total. The van der Waals surface area contributed by atoms with Gasteiger partial charge in [-0.3, -0.25) is 4.72 Å². The highest BCUT2D eigenvalue weighted by atomic mass is 32.2. The normalized spacial score (nSPS) is 11.4. The summed E-state index contributed by atoms with van der Waals surface area (Å²) in [6, 6.07) is 4.84. The lowest BCUT2D eigenvalue weighted by Gasteiger charge is -2.10. The van der Waals surface area contributed by atoms with Gasteiger partial charge in [0.1, 0.15) is 5.75 Å². The van der Waals surface area contributed by atoms with E-state index in [-0.39, 0.29) is 11.4 Å². The molecular weight excluding hydrogens is 228 g/mol. The summed E-state index contributed by atoms with van der Waals surface area (Å²) in [5.74, 6) is -0.0846.